The van der Waals surface area contributed by atoms with Crippen molar-refractivity contribution in [3.63, 3.8) is 0 Å². The molecule has 3 heteroatoms. The quantitative estimate of drug-likeness (QED) is 0.367. The molecule has 4 aromatic rings. The van der Waals surface area contributed by atoms with Crippen LogP contribution < -0.4 is 0 Å². The van der Waals surface area contributed by atoms with Crippen LogP contribution in [-0.2, 0) is 0 Å². The molecule has 0 aliphatic heterocycles. The molecule has 1 heterocycles. The van der Waals surface area contributed by atoms with E-state index in [4.69, 9.17) is 16.7 Å². The van der Waals surface area contributed by atoms with Crippen LogP contribution in [0.4, 0.5) is 0 Å². The molecule has 2 nitrogen and oxygen atoms in total. The van der Waals surface area contributed by atoms with Crippen LogP contribution in [0.15, 0.2) is 66.7 Å². The van der Waals surface area contributed by atoms with Crippen LogP contribution in [0.1, 0.15) is 22.3 Å². The molecule has 0 radical (unpaired) electrons. The number of hydrogen-bond donors (Lipinski definition) is 0. The monoisotopic (exact) mass is 386 g/mol. The number of rotatable bonds is 3. The molecule has 1 aromatic heterocycles. The second-order valence-corrected chi connectivity index (χ2v) is 7.88. The Labute approximate surface area is 171 Å². The summed E-state index contributed by atoms with van der Waals surface area (Å²) in [5.41, 5.74) is 10.4. The molecule has 0 saturated carbocycles. The number of hydrogen-bond acceptors (Lipinski definition) is 1. The van der Waals surface area contributed by atoms with Gasteiger partial charge in [-0.15, -0.1) is 0 Å². The zero-order valence-corrected chi connectivity index (χ0v) is 17.4. The van der Waals surface area contributed by atoms with E-state index in [9.17, 15) is 0 Å². The molecule has 28 heavy (non-hydrogen) atoms. The molecule has 0 aliphatic rings. The first kappa shape index (κ1) is 18.5. The number of halogens is 1. The normalized spacial score (nSPS) is 11.0. The van der Waals surface area contributed by atoms with Crippen molar-refractivity contribution in [1.82, 2.24) is 9.78 Å². The van der Waals surface area contributed by atoms with Gasteiger partial charge in [0, 0.05) is 16.1 Å². The van der Waals surface area contributed by atoms with E-state index >= 15 is 0 Å². The van der Waals surface area contributed by atoms with Crippen molar-refractivity contribution >= 4 is 11.6 Å². The van der Waals surface area contributed by atoms with E-state index in [-0.39, 0.29) is 0 Å². The van der Waals surface area contributed by atoms with Gasteiger partial charge in [-0.25, -0.2) is 4.68 Å². The highest BCUT2D eigenvalue weighted by atomic mass is 35.5. The molecule has 0 atom stereocenters. The Morgan fingerprint density at radius 3 is 1.82 bits per heavy atom. The lowest BCUT2D eigenvalue weighted by atomic mass is 10.00. The largest absolute Gasteiger partial charge is 0.232 e. The maximum absolute atomic E-state index is 6.11. The average Bonchev–Trinajstić information content (AvgIpc) is 3.07. The highest BCUT2D eigenvalue weighted by Gasteiger charge is 2.16. The van der Waals surface area contributed by atoms with Crippen molar-refractivity contribution in [2.45, 2.75) is 27.7 Å². The van der Waals surface area contributed by atoms with E-state index in [1.807, 2.05) is 28.9 Å². The van der Waals surface area contributed by atoms with Crippen molar-refractivity contribution in [2.24, 2.45) is 0 Å². The van der Waals surface area contributed by atoms with Crippen molar-refractivity contribution in [1.29, 1.82) is 0 Å². The summed E-state index contributed by atoms with van der Waals surface area (Å²) in [4.78, 5) is 0. The van der Waals surface area contributed by atoms with Crippen LogP contribution in [0.3, 0.4) is 0 Å². The van der Waals surface area contributed by atoms with Gasteiger partial charge in [0.1, 0.15) is 0 Å². The molecule has 140 valence electrons. The van der Waals surface area contributed by atoms with Gasteiger partial charge in [0.25, 0.3) is 0 Å². The summed E-state index contributed by atoms with van der Waals surface area (Å²) in [7, 11) is 0. The van der Waals surface area contributed by atoms with Gasteiger partial charge in [0.05, 0.1) is 17.1 Å². The minimum Gasteiger partial charge on any atom is -0.232 e. The van der Waals surface area contributed by atoms with Gasteiger partial charge in [-0.05, 0) is 69.2 Å². The predicted molar refractivity (Wildman–Crippen MR) is 118 cm³/mol. The van der Waals surface area contributed by atoms with Crippen molar-refractivity contribution in [3.05, 3.63) is 94.0 Å². The van der Waals surface area contributed by atoms with Crippen LogP contribution in [0.5, 0.6) is 0 Å². The molecule has 0 spiro atoms. The van der Waals surface area contributed by atoms with Crippen LogP contribution in [0.25, 0.3) is 28.2 Å². The number of aromatic nitrogens is 2. The topological polar surface area (TPSA) is 17.8 Å². The predicted octanol–water partition coefficient (Wildman–Crippen LogP) is 7.09. The highest BCUT2D eigenvalue weighted by Crippen LogP contribution is 2.32. The Hall–Kier alpha value is -2.84. The molecule has 0 amide bonds. The van der Waals surface area contributed by atoms with Gasteiger partial charge in [-0.1, -0.05) is 59.1 Å². The lowest BCUT2D eigenvalue weighted by molar-refractivity contribution is 0.890. The van der Waals surface area contributed by atoms with Gasteiger partial charge in [0.2, 0.25) is 0 Å². The van der Waals surface area contributed by atoms with E-state index in [1.165, 1.54) is 27.8 Å². The first-order chi connectivity index (χ1) is 13.4. The molecule has 3 aromatic carbocycles. The Morgan fingerprint density at radius 1 is 0.679 bits per heavy atom. The van der Waals surface area contributed by atoms with Crippen molar-refractivity contribution in [2.75, 3.05) is 0 Å². The van der Waals surface area contributed by atoms with E-state index < -0.39 is 0 Å². The molecule has 0 saturated heterocycles. The minimum atomic E-state index is 0.721. The summed E-state index contributed by atoms with van der Waals surface area (Å²) < 4.78 is 2.02. The van der Waals surface area contributed by atoms with E-state index in [0.717, 1.165) is 27.7 Å². The SMILES string of the molecule is Cc1ccc(-c2cc(-c3ccc(C)cc3C)n(-c3ccc(Cl)cc3)n2)c(C)c1. The minimum absolute atomic E-state index is 0.721. The fourth-order valence-electron chi connectivity index (χ4n) is 3.69. The molecule has 0 N–H and O–H groups in total. The lowest BCUT2D eigenvalue weighted by Gasteiger charge is -2.10. The number of nitrogens with zero attached hydrogens (tertiary/aromatic N) is 2. The van der Waals surface area contributed by atoms with Gasteiger partial charge in [0.15, 0.2) is 0 Å². The summed E-state index contributed by atoms with van der Waals surface area (Å²) >= 11 is 6.11. The van der Waals surface area contributed by atoms with Crippen molar-refractivity contribution < 1.29 is 0 Å². The third-order valence-corrected chi connectivity index (χ3v) is 5.35. The second kappa shape index (κ2) is 7.29. The van der Waals surface area contributed by atoms with Crippen LogP contribution >= 0.6 is 11.6 Å². The highest BCUT2D eigenvalue weighted by molar-refractivity contribution is 6.30. The fourth-order valence-corrected chi connectivity index (χ4v) is 3.81. The third-order valence-electron chi connectivity index (χ3n) is 5.10. The van der Waals surface area contributed by atoms with E-state index in [2.05, 4.69) is 70.2 Å². The van der Waals surface area contributed by atoms with Crippen molar-refractivity contribution in [3.8, 4) is 28.2 Å². The maximum atomic E-state index is 6.11. The average molecular weight is 387 g/mol. The smallest absolute Gasteiger partial charge is 0.0936 e. The molecule has 0 unspecified atom stereocenters. The summed E-state index contributed by atoms with van der Waals surface area (Å²) in [5.74, 6) is 0. The molecule has 0 aliphatic carbocycles. The van der Waals surface area contributed by atoms with Crippen LogP contribution in [0.2, 0.25) is 5.02 Å². The Kier molecular flexibility index (Phi) is 4.82. The lowest BCUT2D eigenvalue weighted by Crippen LogP contribution is -2.00. The molecule has 0 bridgehead atoms. The summed E-state index contributed by atoms with van der Waals surface area (Å²) in [6.07, 6.45) is 0. The summed E-state index contributed by atoms with van der Waals surface area (Å²) in [6.45, 7) is 8.53. The first-order valence-corrected chi connectivity index (χ1v) is 9.81. The summed E-state index contributed by atoms with van der Waals surface area (Å²) in [6, 6.07) is 23.1. The van der Waals surface area contributed by atoms with Crippen LogP contribution in [-0.4, -0.2) is 9.78 Å². The third kappa shape index (κ3) is 3.48. The zero-order chi connectivity index (χ0) is 19.8. The Balaban J connectivity index is 1.95. The molecular weight excluding hydrogens is 364 g/mol. The van der Waals surface area contributed by atoms with Gasteiger partial charge >= 0.3 is 0 Å². The molecular formula is C25H23ClN2. The van der Waals surface area contributed by atoms with Gasteiger partial charge in [-0.3, -0.25) is 0 Å². The Morgan fingerprint density at radius 2 is 1.25 bits per heavy atom. The van der Waals surface area contributed by atoms with Gasteiger partial charge < -0.3 is 0 Å². The molecule has 4 rings (SSSR count). The van der Waals surface area contributed by atoms with Gasteiger partial charge in [-0.2, -0.15) is 5.10 Å². The van der Waals surface area contributed by atoms with E-state index in [1.54, 1.807) is 0 Å². The zero-order valence-electron chi connectivity index (χ0n) is 16.6. The fraction of sp³-hybridized carbons (Fsp3) is 0.160. The second-order valence-electron chi connectivity index (χ2n) is 7.44. The maximum Gasteiger partial charge on any atom is 0.0936 e. The summed E-state index contributed by atoms with van der Waals surface area (Å²) in [5, 5.41) is 5.71. The Bertz CT molecular complexity index is 1150. The van der Waals surface area contributed by atoms with Crippen LogP contribution in [0, 0.1) is 27.7 Å². The standard InChI is InChI=1S/C25H23ClN2/c1-16-5-11-22(18(3)13-16)24-15-25(23-12-6-17(2)14-19(23)4)28(27-24)21-9-7-20(26)8-10-21/h5-15H,1-4H3. The first-order valence-electron chi connectivity index (χ1n) is 9.43. The number of benzene rings is 3. The molecule has 0 fully saturated rings. The van der Waals surface area contributed by atoms with E-state index in [0.29, 0.717) is 0 Å². The number of aryl methyl sites for hydroxylation is 4.